The number of hydrogen-bond donors (Lipinski definition) is 2. The van der Waals surface area contributed by atoms with E-state index in [1.54, 1.807) is 0 Å². The molecule has 0 saturated carbocycles. The minimum absolute atomic E-state index is 0.616. The van der Waals surface area contributed by atoms with Crippen LogP contribution in [0.25, 0.3) is 0 Å². The number of aliphatic imine (C=N–C) groups is 1. The molecule has 1 unspecified atom stereocenters. The highest BCUT2D eigenvalue weighted by Crippen LogP contribution is 2.19. The van der Waals surface area contributed by atoms with Crippen LogP contribution in [0.4, 0.5) is 0 Å². The van der Waals surface area contributed by atoms with Gasteiger partial charge in [-0.2, -0.15) is 0 Å². The molecule has 1 aliphatic heterocycles. The van der Waals surface area contributed by atoms with E-state index in [2.05, 4.69) is 29.2 Å². The largest absolute Gasteiger partial charge is 0.339 e. The lowest BCUT2D eigenvalue weighted by Crippen LogP contribution is -2.51. The molecule has 1 heterocycles. The Bertz CT molecular complexity index is 203. The first-order chi connectivity index (χ1) is 7.33. The molecule has 15 heavy (non-hydrogen) atoms. The van der Waals surface area contributed by atoms with Gasteiger partial charge in [-0.15, -0.1) is 0 Å². The van der Waals surface area contributed by atoms with Crippen molar-refractivity contribution in [2.24, 2.45) is 10.8 Å². The van der Waals surface area contributed by atoms with Gasteiger partial charge >= 0.3 is 0 Å². The van der Waals surface area contributed by atoms with Gasteiger partial charge in [0.15, 0.2) is 0 Å². The van der Waals surface area contributed by atoms with Crippen LogP contribution in [0.15, 0.2) is 4.99 Å². The molecule has 0 amide bonds. The summed E-state index contributed by atoms with van der Waals surface area (Å²) in [5.41, 5.74) is 2.75. The van der Waals surface area contributed by atoms with Crippen molar-refractivity contribution in [2.75, 3.05) is 13.1 Å². The molecule has 1 saturated heterocycles. The second kappa shape index (κ2) is 6.67. The average molecular weight is 212 g/mol. The van der Waals surface area contributed by atoms with E-state index in [0.717, 1.165) is 25.5 Å². The number of hydrogen-bond acceptors (Lipinski definition) is 2. The Labute approximate surface area is 92.9 Å². The molecule has 1 atom stereocenters. The molecular formula is C11H24N4. The zero-order valence-electron chi connectivity index (χ0n) is 10.00. The normalized spacial score (nSPS) is 23.0. The van der Waals surface area contributed by atoms with Crippen molar-refractivity contribution in [3.63, 3.8) is 0 Å². The monoisotopic (exact) mass is 212 g/mol. The first kappa shape index (κ1) is 12.3. The van der Waals surface area contributed by atoms with Gasteiger partial charge in [0.25, 0.3) is 0 Å². The number of nitrogens with zero attached hydrogens (tertiary/aromatic N) is 2. The molecule has 0 spiro atoms. The van der Waals surface area contributed by atoms with E-state index in [4.69, 9.17) is 5.84 Å². The first-order valence-corrected chi connectivity index (χ1v) is 6.11. The molecule has 1 rings (SSSR count). The molecule has 88 valence electrons. The van der Waals surface area contributed by atoms with Crippen molar-refractivity contribution in [3.05, 3.63) is 0 Å². The standard InChI is InChI=1S/C11H24N4/c1-3-8-13-11(14-12)15-9-6-5-7-10(15)4-2/h10H,3-9,12H2,1-2H3,(H,13,14). The van der Waals surface area contributed by atoms with Crippen LogP contribution in [0.3, 0.4) is 0 Å². The molecule has 0 aromatic carbocycles. The van der Waals surface area contributed by atoms with E-state index in [-0.39, 0.29) is 0 Å². The molecule has 4 heteroatoms. The van der Waals surface area contributed by atoms with Crippen molar-refractivity contribution >= 4 is 5.96 Å². The fourth-order valence-corrected chi connectivity index (χ4v) is 2.14. The van der Waals surface area contributed by atoms with Gasteiger partial charge in [0, 0.05) is 19.1 Å². The first-order valence-electron chi connectivity index (χ1n) is 6.11. The van der Waals surface area contributed by atoms with E-state index in [0.29, 0.717) is 6.04 Å². The minimum Gasteiger partial charge on any atom is -0.339 e. The SMILES string of the molecule is CCCN=C(NN)N1CCCCC1CC. The van der Waals surface area contributed by atoms with Gasteiger partial charge in [-0.25, -0.2) is 5.84 Å². The van der Waals surface area contributed by atoms with E-state index >= 15 is 0 Å². The number of guanidine groups is 1. The van der Waals surface area contributed by atoms with Crippen LogP contribution in [0.5, 0.6) is 0 Å². The molecule has 0 aliphatic carbocycles. The zero-order chi connectivity index (χ0) is 11.1. The lowest BCUT2D eigenvalue weighted by atomic mass is 10.0. The van der Waals surface area contributed by atoms with Gasteiger partial charge in [0.2, 0.25) is 5.96 Å². The zero-order valence-corrected chi connectivity index (χ0v) is 10.00. The van der Waals surface area contributed by atoms with E-state index < -0.39 is 0 Å². The van der Waals surface area contributed by atoms with Crippen LogP contribution in [-0.2, 0) is 0 Å². The average Bonchev–Trinajstić information content (AvgIpc) is 2.30. The summed E-state index contributed by atoms with van der Waals surface area (Å²) < 4.78 is 0. The summed E-state index contributed by atoms with van der Waals surface area (Å²) in [5.74, 6) is 6.42. The molecule has 3 N–H and O–H groups in total. The summed E-state index contributed by atoms with van der Waals surface area (Å²) in [6, 6.07) is 0.616. The van der Waals surface area contributed by atoms with Crippen LogP contribution < -0.4 is 11.3 Å². The van der Waals surface area contributed by atoms with Crippen LogP contribution in [0.1, 0.15) is 46.0 Å². The molecule has 0 aromatic heterocycles. The summed E-state index contributed by atoms with van der Waals surface area (Å²) in [6.45, 7) is 6.31. The number of piperidine rings is 1. The highest BCUT2D eigenvalue weighted by molar-refractivity contribution is 5.79. The summed E-state index contributed by atoms with van der Waals surface area (Å²) in [4.78, 5) is 6.82. The van der Waals surface area contributed by atoms with Gasteiger partial charge in [0.05, 0.1) is 0 Å². The highest BCUT2D eigenvalue weighted by atomic mass is 15.4. The third-order valence-corrected chi connectivity index (χ3v) is 2.98. The van der Waals surface area contributed by atoms with Crippen LogP contribution >= 0.6 is 0 Å². The van der Waals surface area contributed by atoms with Crippen molar-refractivity contribution in [3.8, 4) is 0 Å². The molecule has 1 aliphatic rings. The summed E-state index contributed by atoms with van der Waals surface area (Å²) in [6.07, 6.45) is 6.09. The van der Waals surface area contributed by atoms with Gasteiger partial charge in [-0.05, 0) is 32.1 Å². The third-order valence-electron chi connectivity index (χ3n) is 2.98. The molecule has 0 aromatic rings. The number of nitrogens with one attached hydrogen (secondary N) is 1. The van der Waals surface area contributed by atoms with Crippen molar-refractivity contribution < 1.29 is 0 Å². The van der Waals surface area contributed by atoms with Gasteiger partial charge in [-0.1, -0.05) is 13.8 Å². The van der Waals surface area contributed by atoms with Gasteiger partial charge < -0.3 is 4.90 Å². The molecule has 4 nitrogen and oxygen atoms in total. The van der Waals surface area contributed by atoms with Crippen LogP contribution in [-0.4, -0.2) is 30.0 Å². The number of rotatable bonds is 3. The molecule has 0 radical (unpaired) electrons. The van der Waals surface area contributed by atoms with Gasteiger partial charge in [-0.3, -0.25) is 10.4 Å². The maximum Gasteiger partial charge on any atom is 0.208 e. The smallest absolute Gasteiger partial charge is 0.208 e. The minimum atomic E-state index is 0.616. The Hall–Kier alpha value is -0.770. The molecule has 1 fully saturated rings. The summed E-state index contributed by atoms with van der Waals surface area (Å²) >= 11 is 0. The second-order valence-corrected chi connectivity index (χ2v) is 4.10. The van der Waals surface area contributed by atoms with Gasteiger partial charge in [0.1, 0.15) is 0 Å². The number of hydrazine groups is 1. The maximum absolute atomic E-state index is 5.54. The lowest BCUT2D eigenvalue weighted by Gasteiger charge is -2.37. The van der Waals surface area contributed by atoms with E-state index in [9.17, 15) is 0 Å². The predicted octanol–water partition coefficient (Wildman–Crippen LogP) is 1.48. The summed E-state index contributed by atoms with van der Waals surface area (Å²) in [7, 11) is 0. The van der Waals surface area contributed by atoms with Crippen molar-refractivity contribution in [1.29, 1.82) is 0 Å². The predicted molar refractivity (Wildman–Crippen MR) is 64.6 cm³/mol. The lowest BCUT2D eigenvalue weighted by molar-refractivity contribution is 0.228. The Kier molecular flexibility index (Phi) is 5.47. The Morgan fingerprint density at radius 1 is 1.47 bits per heavy atom. The van der Waals surface area contributed by atoms with Crippen LogP contribution in [0, 0.1) is 0 Å². The van der Waals surface area contributed by atoms with Crippen molar-refractivity contribution in [1.82, 2.24) is 10.3 Å². The third kappa shape index (κ3) is 3.38. The van der Waals surface area contributed by atoms with Crippen molar-refractivity contribution in [2.45, 2.75) is 52.0 Å². The topological polar surface area (TPSA) is 53.6 Å². The fraction of sp³-hybridized carbons (Fsp3) is 0.909. The Balaban J connectivity index is 2.63. The molecular weight excluding hydrogens is 188 g/mol. The fourth-order valence-electron chi connectivity index (χ4n) is 2.14. The van der Waals surface area contributed by atoms with Crippen LogP contribution in [0.2, 0.25) is 0 Å². The highest BCUT2D eigenvalue weighted by Gasteiger charge is 2.23. The van der Waals surface area contributed by atoms with E-state index in [1.165, 1.54) is 25.7 Å². The number of likely N-dealkylation sites (tertiary alicyclic amines) is 1. The summed E-state index contributed by atoms with van der Waals surface area (Å²) in [5, 5.41) is 0. The Morgan fingerprint density at radius 2 is 2.27 bits per heavy atom. The quantitative estimate of drug-likeness (QED) is 0.322. The Morgan fingerprint density at radius 3 is 2.87 bits per heavy atom. The number of nitrogens with two attached hydrogens (primary N) is 1. The van der Waals surface area contributed by atoms with E-state index in [1.807, 2.05) is 0 Å². The molecule has 0 bridgehead atoms. The maximum atomic E-state index is 5.54. The second-order valence-electron chi connectivity index (χ2n) is 4.10.